The first kappa shape index (κ1) is 11.4. The first-order valence-electron chi connectivity index (χ1n) is 5.28. The smallest absolute Gasteiger partial charge is 0.309 e. The van der Waals surface area contributed by atoms with Crippen molar-refractivity contribution >= 4 is 0 Å². The minimum absolute atomic E-state index is 0.0838. The Hall–Kier alpha value is -1.10. The summed E-state index contributed by atoms with van der Waals surface area (Å²) in [5.74, 6) is -1.21. The van der Waals surface area contributed by atoms with Crippen LogP contribution in [0.1, 0.15) is 24.6 Å². The predicted octanol–water partition coefficient (Wildman–Crippen LogP) is 2.68. The molecular weight excluding hydrogens is 217 g/mol. The number of hydrogen-bond donors (Lipinski definition) is 1. The Balaban J connectivity index is 2.08. The van der Waals surface area contributed by atoms with Crippen LogP contribution in [0.25, 0.3) is 0 Å². The van der Waals surface area contributed by atoms with Gasteiger partial charge in [-0.05, 0) is 31.5 Å². The number of alkyl halides is 3. The molecule has 1 aliphatic heterocycles. The summed E-state index contributed by atoms with van der Waals surface area (Å²) in [6.45, 7) is 0.394. The van der Waals surface area contributed by atoms with Crippen LogP contribution in [-0.4, -0.2) is 17.7 Å². The van der Waals surface area contributed by atoms with Crippen LogP contribution < -0.4 is 5.32 Å². The molecule has 0 bridgehead atoms. The summed E-state index contributed by atoms with van der Waals surface area (Å²) >= 11 is 0. The summed E-state index contributed by atoms with van der Waals surface area (Å²) < 4.78 is 37.7. The number of hydrogen-bond acceptors (Lipinski definition) is 2. The first-order chi connectivity index (χ1) is 7.57. The Morgan fingerprint density at radius 3 is 2.75 bits per heavy atom. The van der Waals surface area contributed by atoms with E-state index in [0.717, 1.165) is 0 Å². The van der Waals surface area contributed by atoms with Gasteiger partial charge in [0, 0.05) is 6.20 Å². The molecule has 5 heteroatoms. The maximum atomic E-state index is 12.6. The number of nitrogens with one attached hydrogen (secondary N) is 1. The van der Waals surface area contributed by atoms with E-state index in [9.17, 15) is 13.2 Å². The van der Waals surface area contributed by atoms with Crippen molar-refractivity contribution in [2.24, 2.45) is 5.92 Å². The zero-order valence-electron chi connectivity index (χ0n) is 8.67. The molecule has 1 N–H and O–H groups in total. The van der Waals surface area contributed by atoms with E-state index in [0.29, 0.717) is 12.2 Å². The van der Waals surface area contributed by atoms with Crippen LogP contribution in [0.3, 0.4) is 0 Å². The Kier molecular flexibility index (Phi) is 3.14. The highest BCUT2D eigenvalue weighted by Crippen LogP contribution is 2.37. The largest absolute Gasteiger partial charge is 0.391 e. The summed E-state index contributed by atoms with van der Waals surface area (Å²) in [6.07, 6.45) is -2.24. The van der Waals surface area contributed by atoms with Crippen molar-refractivity contribution < 1.29 is 13.2 Å². The average molecular weight is 230 g/mol. The van der Waals surface area contributed by atoms with Gasteiger partial charge in [-0.25, -0.2) is 0 Å². The molecule has 2 nitrogen and oxygen atoms in total. The van der Waals surface area contributed by atoms with Gasteiger partial charge in [0.15, 0.2) is 0 Å². The number of pyridine rings is 1. The molecule has 0 amide bonds. The number of piperidine rings is 1. The van der Waals surface area contributed by atoms with E-state index < -0.39 is 12.1 Å². The maximum Gasteiger partial charge on any atom is 0.391 e. The Morgan fingerprint density at radius 1 is 1.31 bits per heavy atom. The highest BCUT2D eigenvalue weighted by atomic mass is 19.4. The number of nitrogens with zero attached hydrogens (tertiary/aromatic N) is 1. The summed E-state index contributed by atoms with van der Waals surface area (Å²) in [7, 11) is 0. The fourth-order valence-corrected chi connectivity index (χ4v) is 2.02. The van der Waals surface area contributed by atoms with Gasteiger partial charge in [0.25, 0.3) is 0 Å². The second kappa shape index (κ2) is 4.41. The van der Waals surface area contributed by atoms with Crippen LogP contribution in [0.15, 0.2) is 24.4 Å². The van der Waals surface area contributed by atoms with E-state index in [2.05, 4.69) is 10.3 Å². The van der Waals surface area contributed by atoms with Crippen molar-refractivity contribution in [3.8, 4) is 0 Å². The summed E-state index contributed by atoms with van der Waals surface area (Å²) in [4.78, 5) is 4.09. The standard InChI is InChI=1S/C11H13F3N2/c12-11(13,14)8-4-6-16-10(7-8)9-3-1-2-5-15-9/h1-3,5,8,10,16H,4,6-7H2/t8-,10+/m1/s1. The molecule has 0 saturated carbocycles. The van der Waals surface area contributed by atoms with Gasteiger partial charge >= 0.3 is 6.18 Å². The maximum absolute atomic E-state index is 12.6. The van der Waals surface area contributed by atoms with E-state index in [1.54, 1.807) is 24.4 Å². The third kappa shape index (κ3) is 2.52. The highest BCUT2D eigenvalue weighted by Gasteiger charge is 2.42. The van der Waals surface area contributed by atoms with Crippen LogP contribution in [0.4, 0.5) is 13.2 Å². The van der Waals surface area contributed by atoms with Gasteiger partial charge in [0.05, 0.1) is 17.7 Å². The monoisotopic (exact) mass is 230 g/mol. The van der Waals surface area contributed by atoms with Gasteiger partial charge in [-0.2, -0.15) is 13.2 Å². The molecule has 1 fully saturated rings. The van der Waals surface area contributed by atoms with Crippen molar-refractivity contribution in [1.29, 1.82) is 0 Å². The van der Waals surface area contributed by atoms with Crippen molar-refractivity contribution in [1.82, 2.24) is 10.3 Å². The lowest BCUT2D eigenvalue weighted by Gasteiger charge is -2.31. The van der Waals surface area contributed by atoms with Crippen molar-refractivity contribution in [3.63, 3.8) is 0 Å². The lowest BCUT2D eigenvalue weighted by atomic mass is 9.90. The zero-order valence-corrected chi connectivity index (χ0v) is 8.67. The molecule has 2 heterocycles. The fourth-order valence-electron chi connectivity index (χ4n) is 2.02. The third-order valence-corrected chi connectivity index (χ3v) is 2.91. The second-order valence-corrected chi connectivity index (χ2v) is 4.02. The summed E-state index contributed by atoms with van der Waals surface area (Å²) in [6, 6.07) is 5.03. The van der Waals surface area contributed by atoms with Gasteiger partial charge in [-0.15, -0.1) is 0 Å². The molecule has 1 aromatic rings. The molecular formula is C11H13F3N2. The molecule has 1 saturated heterocycles. The predicted molar refractivity (Wildman–Crippen MR) is 53.8 cm³/mol. The quantitative estimate of drug-likeness (QED) is 0.802. The van der Waals surface area contributed by atoms with Crippen molar-refractivity contribution in [2.75, 3.05) is 6.54 Å². The zero-order chi connectivity index (χ0) is 11.6. The lowest BCUT2D eigenvalue weighted by molar-refractivity contribution is -0.183. The van der Waals surface area contributed by atoms with Gasteiger partial charge in [-0.3, -0.25) is 4.98 Å². The number of aromatic nitrogens is 1. The van der Waals surface area contributed by atoms with Crippen LogP contribution in [0.5, 0.6) is 0 Å². The Bertz CT molecular complexity index is 337. The van der Waals surface area contributed by atoms with Crippen molar-refractivity contribution in [3.05, 3.63) is 30.1 Å². The summed E-state index contributed by atoms with van der Waals surface area (Å²) in [5.41, 5.74) is 0.691. The minimum Gasteiger partial charge on any atom is -0.309 e. The molecule has 0 radical (unpaired) electrons. The van der Waals surface area contributed by atoms with Crippen LogP contribution in [-0.2, 0) is 0 Å². The van der Waals surface area contributed by atoms with E-state index in [-0.39, 0.29) is 18.9 Å². The van der Waals surface area contributed by atoms with Crippen molar-refractivity contribution in [2.45, 2.75) is 25.1 Å². The van der Waals surface area contributed by atoms with E-state index >= 15 is 0 Å². The minimum atomic E-state index is -4.09. The first-order valence-corrected chi connectivity index (χ1v) is 5.28. The van der Waals surface area contributed by atoms with E-state index in [4.69, 9.17) is 0 Å². The van der Waals surface area contributed by atoms with E-state index in [1.165, 1.54) is 0 Å². The van der Waals surface area contributed by atoms with Gasteiger partial charge < -0.3 is 5.32 Å². The Morgan fingerprint density at radius 2 is 2.12 bits per heavy atom. The molecule has 2 rings (SSSR count). The normalized spacial score (nSPS) is 26.7. The molecule has 16 heavy (non-hydrogen) atoms. The van der Waals surface area contributed by atoms with Crippen LogP contribution in [0, 0.1) is 5.92 Å². The van der Waals surface area contributed by atoms with E-state index in [1.807, 2.05) is 0 Å². The third-order valence-electron chi connectivity index (χ3n) is 2.91. The van der Waals surface area contributed by atoms with Gasteiger partial charge in [-0.1, -0.05) is 6.07 Å². The number of halogens is 3. The molecule has 0 unspecified atom stereocenters. The fraction of sp³-hybridized carbons (Fsp3) is 0.545. The molecule has 2 atom stereocenters. The highest BCUT2D eigenvalue weighted by molar-refractivity contribution is 5.09. The number of rotatable bonds is 1. The molecule has 1 aliphatic rings. The van der Waals surface area contributed by atoms with Gasteiger partial charge in [0.1, 0.15) is 0 Å². The summed E-state index contributed by atoms with van der Waals surface area (Å²) in [5, 5.41) is 3.07. The second-order valence-electron chi connectivity index (χ2n) is 4.02. The molecule has 88 valence electrons. The Labute approximate surface area is 91.9 Å². The lowest BCUT2D eigenvalue weighted by Crippen LogP contribution is -2.38. The van der Waals surface area contributed by atoms with Gasteiger partial charge in [0.2, 0.25) is 0 Å². The molecule has 0 spiro atoms. The molecule has 0 aromatic carbocycles. The molecule has 0 aliphatic carbocycles. The van der Waals surface area contributed by atoms with Crippen LogP contribution in [0.2, 0.25) is 0 Å². The topological polar surface area (TPSA) is 24.9 Å². The average Bonchev–Trinajstić information content (AvgIpc) is 2.29. The van der Waals surface area contributed by atoms with Crippen LogP contribution >= 0.6 is 0 Å². The molecule has 1 aromatic heterocycles. The SMILES string of the molecule is FC(F)(F)[C@@H]1CCN[C@H](c2ccccn2)C1.